The second-order valence-electron chi connectivity index (χ2n) is 5.08. The molecule has 0 unspecified atom stereocenters. The van der Waals surface area contributed by atoms with Crippen LogP contribution in [-0.4, -0.2) is 23.8 Å². The molecule has 0 aliphatic carbocycles. The molecule has 1 atom stereocenters. The zero-order valence-corrected chi connectivity index (χ0v) is 11.6. The van der Waals surface area contributed by atoms with E-state index in [-0.39, 0.29) is 19.3 Å². The summed E-state index contributed by atoms with van der Waals surface area (Å²) in [6, 6.07) is 17.0. The van der Waals surface area contributed by atoms with Gasteiger partial charge in [0.15, 0.2) is 0 Å². The van der Waals surface area contributed by atoms with E-state index < -0.39 is 6.09 Å². The van der Waals surface area contributed by atoms with Crippen molar-refractivity contribution >= 4 is 11.8 Å². The van der Waals surface area contributed by atoms with Gasteiger partial charge in [-0.2, -0.15) is 0 Å². The molecule has 1 aliphatic rings. The Bertz CT molecular complexity index is 627. The Balaban J connectivity index is 1.74. The number of carbonyl (C=O) groups excluding carboxylic acids is 1. The summed E-state index contributed by atoms with van der Waals surface area (Å²) in [7, 11) is 0. The number of para-hydroxylation sites is 1. The molecule has 1 aliphatic heterocycles. The molecule has 0 bridgehead atoms. The number of anilines is 1. The van der Waals surface area contributed by atoms with Gasteiger partial charge in [0, 0.05) is 0 Å². The predicted molar refractivity (Wildman–Crippen MR) is 80.1 cm³/mol. The monoisotopic (exact) mass is 283 g/mol. The zero-order valence-electron chi connectivity index (χ0n) is 11.6. The fraction of sp³-hybridized carbons (Fsp3) is 0.235. The normalized spacial score (nSPS) is 16.6. The predicted octanol–water partition coefficient (Wildman–Crippen LogP) is 2.75. The first-order valence-electron chi connectivity index (χ1n) is 6.98. The highest BCUT2D eigenvalue weighted by molar-refractivity contribution is 5.91. The molecular formula is C17H17NO3. The third-order valence-electron chi connectivity index (χ3n) is 3.68. The molecular weight excluding hydrogens is 266 g/mol. The molecule has 0 aromatic heterocycles. The zero-order chi connectivity index (χ0) is 14.7. The smallest absolute Gasteiger partial charge is 0.414 e. The van der Waals surface area contributed by atoms with Crippen LogP contribution in [-0.2, 0) is 17.8 Å². The summed E-state index contributed by atoms with van der Waals surface area (Å²) in [6.07, 6.45) is 0.246. The maximum absolute atomic E-state index is 12.3. The maximum Gasteiger partial charge on any atom is 0.414 e. The number of rotatable bonds is 3. The van der Waals surface area contributed by atoms with Crippen LogP contribution < -0.4 is 4.90 Å². The Morgan fingerprint density at radius 2 is 1.86 bits per heavy atom. The third-order valence-corrected chi connectivity index (χ3v) is 3.68. The van der Waals surface area contributed by atoms with E-state index in [4.69, 9.17) is 4.74 Å². The van der Waals surface area contributed by atoms with Crippen LogP contribution in [0.2, 0.25) is 0 Å². The molecule has 3 rings (SSSR count). The second kappa shape index (κ2) is 5.97. The van der Waals surface area contributed by atoms with Gasteiger partial charge in [-0.3, -0.25) is 4.90 Å². The van der Waals surface area contributed by atoms with Gasteiger partial charge in [-0.1, -0.05) is 48.5 Å². The lowest BCUT2D eigenvalue weighted by Crippen LogP contribution is -2.40. The molecule has 2 aromatic rings. The number of hydrogen-bond acceptors (Lipinski definition) is 3. The van der Waals surface area contributed by atoms with E-state index in [9.17, 15) is 9.90 Å². The molecule has 0 fully saturated rings. The standard InChI is InChI=1S/C17H17NO3/c19-11-15-10-14-8-4-5-9-16(14)18(15)17(20)21-12-13-6-2-1-3-7-13/h1-9,15,19H,10-12H2/t15-/m0/s1. The topological polar surface area (TPSA) is 49.8 Å². The summed E-state index contributed by atoms with van der Waals surface area (Å²) in [5.74, 6) is 0. The van der Waals surface area contributed by atoms with Crippen LogP contribution >= 0.6 is 0 Å². The first-order valence-corrected chi connectivity index (χ1v) is 6.98. The van der Waals surface area contributed by atoms with Crippen molar-refractivity contribution in [3.05, 3.63) is 65.7 Å². The van der Waals surface area contributed by atoms with Crippen LogP contribution in [0.1, 0.15) is 11.1 Å². The summed E-state index contributed by atoms with van der Waals surface area (Å²) in [6.45, 7) is 0.158. The Morgan fingerprint density at radius 3 is 2.62 bits per heavy atom. The largest absolute Gasteiger partial charge is 0.444 e. The van der Waals surface area contributed by atoms with E-state index in [0.717, 1.165) is 16.8 Å². The summed E-state index contributed by atoms with van der Waals surface area (Å²) in [4.78, 5) is 13.9. The van der Waals surface area contributed by atoms with E-state index in [0.29, 0.717) is 6.42 Å². The summed E-state index contributed by atoms with van der Waals surface area (Å²) in [5, 5.41) is 9.49. The van der Waals surface area contributed by atoms with E-state index >= 15 is 0 Å². The van der Waals surface area contributed by atoms with Gasteiger partial charge in [0.25, 0.3) is 0 Å². The van der Waals surface area contributed by atoms with E-state index in [1.807, 2.05) is 54.6 Å². The first-order chi connectivity index (χ1) is 10.3. The van der Waals surface area contributed by atoms with Gasteiger partial charge in [-0.15, -0.1) is 0 Å². The number of nitrogens with zero attached hydrogens (tertiary/aromatic N) is 1. The average molecular weight is 283 g/mol. The molecule has 0 saturated heterocycles. The van der Waals surface area contributed by atoms with Crippen molar-refractivity contribution < 1.29 is 14.6 Å². The van der Waals surface area contributed by atoms with Crippen molar-refractivity contribution in [1.82, 2.24) is 0 Å². The van der Waals surface area contributed by atoms with Crippen molar-refractivity contribution in [2.75, 3.05) is 11.5 Å². The van der Waals surface area contributed by atoms with Crippen molar-refractivity contribution in [2.45, 2.75) is 19.1 Å². The number of fused-ring (bicyclic) bond motifs is 1. The number of benzene rings is 2. The lowest BCUT2D eigenvalue weighted by Gasteiger charge is -2.23. The van der Waals surface area contributed by atoms with Crippen LogP contribution in [0.5, 0.6) is 0 Å². The molecule has 0 saturated carbocycles. The Morgan fingerprint density at radius 1 is 1.14 bits per heavy atom. The molecule has 1 heterocycles. The maximum atomic E-state index is 12.3. The highest BCUT2D eigenvalue weighted by Gasteiger charge is 2.34. The Labute approximate surface area is 123 Å². The van der Waals surface area contributed by atoms with Crippen molar-refractivity contribution in [3.63, 3.8) is 0 Å². The molecule has 0 spiro atoms. The minimum absolute atomic E-state index is 0.0743. The Hall–Kier alpha value is -2.33. The SMILES string of the molecule is O=C(OCc1ccccc1)N1c2ccccc2C[C@H]1CO. The van der Waals surface area contributed by atoms with Crippen LogP contribution in [0, 0.1) is 0 Å². The lowest BCUT2D eigenvalue weighted by molar-refractivity contribution is 0.141. The molecule has 1 N–H and O–H groups in total. The molecule has 2 aromatic carbocycles. The van der Waals surface area contributed by atoms with Crippen molar-refractivity contribution in [1.29, 1.82) is 0 Å². The van der Waals surface area contributed by atoms with Gasteiger partial charge in [-0.25, -0.2) is 4.79 Å². The highest BCUT2D eigenvalue weighted by Crippen LogP contribution is 2.32. The minimum Gasteiger partial charge on any atom is -0.444 e. The fourth-order valence-corrected chi connectivity index (χ4v) is 2.64. The summed E-state index contributed by atoms with van der Waals surface area (Å²) >= 11 is 0. The van der Waals surface area contributed by atoms with Crippen LogP contribution in [0.25, 0.3) is 0 Å². The second-order valence-corrected chi connectivity index (χ2v) is 5.08. The Kier molecular flexibility index (Phi) is 3.88. The van der Waals surface area contributed by atoms with Crippen molar-refractivity contribution in [2.24, 2.45) is 0 Å². The minimum atomic E-state index is -0.414. The number of ether oxygens (including phenoxy) is 1. The van der Waals surface area contributed by atoms with Crippen LogP contribution in [0.4, 0.5) is 10.5 Å². The lowest BCUT2D eigenvalue weighted by atomic mass is 10.1. The molecule has 0 radical (unpaired) electrons. The molecule has 4 nitrogen and oxygen atoms in total. The number of aliphatic hydroxyl groups excluding tert-OH is 1. The third kappa shape index (κ3) is 2.76. The van der Waals surface area contributed by atoms with Crippen LogP contribution in [0.15, 0.2) is 54.6 Å². The number of carbonyl (C=O) groups is 1. The van der Waals surface area contributed by atoms with Crippen molar-refractivity contribution in [3.8, 4) is 0 Å². The molecule has 1 amide bonds. The van der Waals surface area contributed by atoms with Crippen LogP contribution in [0.3, 0.4) is 0 Å². The number of hydrogen-bond donors (Lipinski definition) is 1. The first kappa shape index (κ1) is 13.6. The van der Waals surface area contributed by atoms with Gasteiger partial charge in [-0.05, 0) is 23.6 Å². The van der Waals surface area contributed by atoms with Gasteiger partial charge in [0.2, 0.25) is 0 Å². The molecule has 4 heteroatoms. The molecule has 21 heavy (non-hydrogen) atoms. The van der Waals surface area contributed by atoms with Gasteiger partial charge in [0.1, 0.15) is 6.61 Å². The number of amides is 1. The van der Waals surface area contributed by atoms with E-state index in [1.54, 1.807) is 4.90 Å². The van der Waals surface area contributed by atoms with Gasteiger partial charge < -0.3 is 9.84 Å². The summed E-state index contributed by atoms with van der Waals surface area (Å²) < 4.78 is 5.38. The highest BCUT2D eigenvalue weighted by atomic mass is 16.6. The fourth-order valence-electron chi connectivity index (χ4n) is 2.64. The van der Waals surface area contributed by atoms with Gasteiger partial charge >= 0.3 is 6.09 Å². The van der Waals surface area contributed by atoms with Gasteiger partial charge in [0.05, 0.1) is 18.3 Å². The summed E-state index contributed by atoms with van der Waals surface area (Å²) in [5.41, 5.74) is 2.83. The quantitative estimate of drug-likeness (QED) is 0.942. The average Bonchev–Trinajstić information content (AvgIpc) is 2.92. The number of aliphatic hydroxyl groups is 1. The van der Waals surface area contributed by atoms with E-state index in [2.05, 4.69) is 0 Å². The van der Waals surface area contributed by atoms with E-state index in [1.165, 1.54) is 0 Å². The molecule has 108 valence electrons.